The molecule has 2 aromatic carbocycles. The van der Waals surface area contributed by atoms with Crippen LogP contribution in [0.2, 0.25) is 0 Å². The van der Waals surface area contributed by atoms with Gasteiger partial charge in [-0.25, -0.2) is 12.7 Å². The van der Waals surface area contributed by atoms with E-state index in [1.54, 1.807) is 13.8 Å². The summed E-state index contributed by atoms with van der Waals surface area (Å²) in [7, 11) is -3.38. The molecule has 0 bridgehead atoms. The number of hydrogen-bond acceptors (Lipinski definition) is 3. The van der Waals surface area contributed by atoms with Crippen molar-refractivity contribution in [3.8, 4) is 0 Å². The summed E-state index contributed by atoms with van der Waals surface area (Å²) in [6, 6.07) is 19.0. The van der Waals surface area contributed by atoms with Crippen LogP contribution in [0.15, 0.2) is 65.7 Å². The Hall–Kier alpha value is -2.14. The zero-order chi connectivity index (χ0) is 16.4. The van der Waals surface area contributed by atoms with Crippen LogP contribution in [-0.2, 0) is 10.0 Å². The third-order valence-corrected chi connectivity index (χ3v) is 5.96. The van der Waals surface area contributed by atoms with E-state index in [0.717, 1.165) is 11.1 Å². The smallest absolute Gasteiger partial charge is 0.236 e. The maximum atomic E-state index is 12.6. The average molecular weight is 328 g/mol. The molecule has 0 saturated heterocycles. The van der Waals surface area contributed by atoms with Crippen molar-refractivity contribution >= 4 is 15.9 Å². The van der Waals surface area contributed by atoms with E-state index >= 15 is 0 Å². The molecule has 120 valence electrons. The van der Waals surface area contributed by atoms with Gasteiger partial charge in [-0.15, -0.1) is 0 Å². The second-order valence-corrected chi connectivity index (χ2v) is 7.72. The van der Waals surface area contributed by atoms with Crippen molar-refractivity contribution in [2.75, 3.05) is 5.75 Å². The molecule has 0 aromatic heterocycles. The first-order valence-electron chi connectivity index (χ1n) is 7.71. The second kappa shape index (κ2) is 6.16. The lowest BCUT2D eigenvalue weighted by Gasteiger charge is -2.29. The zero-order valence-corrected chi connectivity index (χ0v) is 14.1. The maximum Gasteiger partial charge on any atom is 0.236 e. The molecule has 0 fully saturated rings. The van der Waals surface area contributed by atoms with Crippen LogP contribution in [0.1, 0.15) is 37.1 Å². The highest BCUT2D eigenvalue weighted by molar-refractivity contribution is 7.89. The van der Waals surface area contributed by atoms with Gasteiger partial charge in [-0.05, 0) is 25.0 Å². The molecular formula is C18H20N2O2S. The molecule has 2 atom stereocenters. The summed E-state index contributed by atoms with van der Waals surface area (Å²) in [6.07, 6.45) is 0. The van der Waals surface area contributed by atoms with Crippen LogP contribution < -0.4 is 0 Å². The molecule has 0 saturated carbocycles. The van der Waals surface area contributed by atoms with Crippen LogP contribution in [-0.4, -0.2) is 24.3 Å². The van der Waals surface area contributed by atoms with Gasteiger partial charge >= 0.3 is 0 Å². The van der Waals surface area contributed by atoms with Gasteiger partial charge < -0.3 is 0 Å². The lowest BCUT2D eigenvalue weighted by atomic mass is 9.95. The van der Waals surface area contributed by atoms with Crippen molar-refractivity contribution in [2.45, 2.75) is 25.9 Å². The molecule has 5 heteroatoms. The van der Waals surface area contributed by atoms with Gasteiger partial charge in [0, 0.05) is 0 Å². The van der Waals surface area contributed by atoms with E-state index in [2.05, 4.69) is 4.99 Å². The number of nitrogens with zero attached hydrogens (tertiary/aromatic N) is 2. The Morgan fingerprint density at radius 1 is 0.957 bits per heavy atom. The molecule has 0 radical (unpaired) electrons. The minimum atomic E-state index is -3.38. The summed E-state index contributed by atoms with van der Waals surface area (Å²) in [4.78, 5) is 4.68. The summed E-state index contributed by atoms with van der Waals surface area (Å²) in [5, 5.41) is 0. The fraction of sp³-hybridized carbons (Fsp3) is 0.278. The topological polar surface area (TPSA) is 49.7 Å². The summed E-state index contributed by atoms with van der Waals surface area (Å²) in [6.45, 7) is 3.44. The van der Waals surface area contributed by atoms with Crippen molar-refractivity contribution in [1.82, 2.24) is 4.31 Å². The third-order valence-electron chi connectivity index (χ3n) is 4.14. The molecule has 1 aliphatic rings. The Bertz CT molecular complexity index is 801. The summed E-state index contributed by atoms with van der Waals surface area (Å²) < 4.78 is 26.7. The summed E-state index contributed by atoms with van der Waals surface area (Å²) in [5.41, 5.74) is 1.98. The predicted molar refractivity (Wildman–Crippen MR) is 92.8 cm³/mol. The van der Waals surface area contributed by atoms with E-state index < -0.39 is 10.0 Å². The molecule has 1 aliphatic heterocycles. The largest absolute Gasteiger partial charge is 0.261 e. The first-order valence-corrected chi connectivity index (χ1v) is 9.32. The highest BCUT2D eigenvalue weighted by Gasteiger charge is 2.41. The van der Waals surface area contributed by atoms with Crippen LogP contribution in [0, 0.1) is 0 Å². The minimum Gasteiger partial charge on any atom is -0.261 e. The fourth-order valence-electron chi connectivity index (χ4n) is 3.05. The van der Waals surface area contributed by atoms with Gasteiger partial charge in [0.25, 0.3) is 0 Å². The van der Waals surface area contributed by atoms with Crippen LogP contribution in [0.3, 0.4) is 0 Å². The second-order valence-electron chi connectivity index (χ2n) is 5.58. The average Bonchev–Trinajstić information content (AvgIpc) is 2.94. The van der Waals surface area contributed by atoms with Gasteiger partial charge in [0.05, 0.1) is 11.8 Å². The Morgan fingerprint density at radius 2 is 1.48 bits per heavy atom. The Balaban J connectivity index is 2.14. The van der Waals surface area contributed by atoms with E-state index in [9.17, 15) is 8.42 Å². The van der Waals surface area contributed by atoms with E-state index in [0.29, 0.717) is 5.84 Å². The first kappa shape index (κ1) is 15.7. The van der Waals surface area contributed by atoms with Crippen LogP contribution in [0.4, 0.5) is 0 Å². The highest BCUT2D eigenvalue weighted by Crippen LogP contribution is 2.43. The molecule has 0 aliphatic carbocycles. The third kappa shape index (κ3) is 2.88. The monoisotopic (exact) mass is 328 g/mol. The van der Waals surface area contributed by atoms with Gasteiger partial charge in [-0.1, -0.05) is 60.7 Å². The first-order chi connectivity index (χ1) is 11.0. The predicted octanol–water partition coefficient (Wildman–Crippen LogP) is 3.55. The van der Waals surface area contributed by atoms with Crippen molar-refractivity contribution in [2.24, 2.45) is 4.99 Å². The Morgan fingerprint density at radius 3 is 2.00 bits per heavy atom. The standard InChI is InChI=1S/C18H20N2O2S/c1-3-23(21,22)20-14(2)19-17(15-10-6-4-7-11-15)18(20)16-12-8-5-9-13-16/h4-13,17-18H,3H2,1-2H3/t17-,18-/m0/s1. The molecule has 4 nitrogen and oxygen atoms in total. The molecular weight excluding hydrogens is 308 g/mol. The lowest BCUT2D eigenvalue weighted by molar-refractivity contribution is 0.419. The van der Waals surface area contributed by atoms with E-state index in [-0.39, 0.29) is 17.8 Å². The number of sulfonamides is 1. The fourth-order valence-corrected chi connectivity index (χ4v) is 4.36. The van der Waals surface area contributed by atoms with Crippen molar-refractivity contribution in [3.63, 3.8) is 0 Å². The van der Waals surface area contributed by atoms with E-state index in [4.69, 9.17) is 0 Å². The number of amidine groups is 1. The van der Waals surface area contributed by atoms with Crippen LogP contribution >= 0.6 is 0 Å². The van der Waals surface area contributed by atoms with Gasteiger partial charge in [0.15, 0.2) is 0 Å². The minimum absolute atomic E-state index is 0.0602. The zero-order valence-electron chi connectivity index (χ0n) is 13.3. The van der Waals surface area contributed by atoms with Crippen LogP contribution in [0.25, 0.3) is 0 Å². The molecule has 23 heavy (non-hydrogen) atoms. The lowest BCUT2D eigenvalue weighted by Crippen LogP contribution is -2.37. The van der Waals surface area contributed by atoms with Crippen molar-refractivity contribution < 1.29 is 8.42 Å². The molecule has 0 spiro atoms. The quantitative estimate of drug-likeness (QED) is 0.862. The van der Waals surface area contributed by atoms with E-state index in [1.165, 1.54) is 4.31 Å². The van der Waals surface area contributed by atoms with Crippen molar-refractivity contribution in [1.29, 1.82) is 0 Å². The highest BCUT2D eigenvalue weighted by atomic mass is 32.2. The molecule has 0 N–H and O–H groups in total. The van der Waals surface area contributed by atoms with E-state index in [1.807, 2.05) is 60.7 Å². The summed E-state index contributed by atoms with van der Waals surface area (Å²) in [5.74, 6) is 0.611. The Labute approximate surface area is 137 Å². The molecule has 0 unspecified atom stereocenters. The number of aliphatic imine (C=N–C) groups is 1. The van der Waals surface area contributed by atoms with Gasteiger partial charge in [-0.2, -0.15) is 0 Å². The number of hydrogen-bond donors (Lipinski definition) is 0. The molecule has 0 amide bonds. The number of benzene rings is 2. The normalized spacial score (nSPS) is 21.3. The molecule has 3 rings (SSSR count). The van der Waals surface area contributed by atoms with Gasteiger partial charge in [0.1, 0.15) is 11.9 Å². The Kier molecular flexibility index (Phi) is 4.22. The molecule has 1 heterocycles. The van der Waals surface area contributed by atoms with Crippen molar-refractivity contribution in [3.05, 3.63) is 71.8 Å². The summed E-state index contributed by atoms with van der Waals surface area (Å²) >= 11 is 0. The maximum absolute atomic E-state index is 12.6. The van der Waals surface area contributed by atoms with Gasteiger partial charge in [0.2, 0.25) is 10.0 Å². The van der Waals surface area contributed by atoms with Crippen LogP contribution in [0.5, 0.6) is 0 Å². The van der Waals surface area contributed by atoms with Gasteiger partial charge in [-0.3, -0.25) is 4.99 Å². The number of rotatable bonds is 4. The SMILES string of the molecule is CCS(=O)(=O)N1C(C)=N[C@@H](c2ccccc2)[C@@H]1c1ccccc1. The molecule has 2 aromatic rings.